The lowest BCUT2D eigenvalue weighted by molar-refractivity contribution is -0.122. The highest BCUT2D eigenvalue weighted by Crippen LogP contribution is 2.12. The van der Waals surface area contributed by atoms with E-state index >= 15 is 0 Å². The molecule has 2 aromatic carbocycles. The lowest BCUT2D eigenvalue weighted by Gasteiger charge is -2.20. The SMILES string of the molecule is CC(O)COC[C@H](Cc1ccc(O)cc1)NC(=O)CCc1ccccc1. The van der Waals surface area contributed by atoms with E-state index in [1.807, 2.05) is 42.5 Å². The van der Waals surface area contributed by atoms with Gasteiger partial charge in [-0.15, -0.1) is 0 Å². The smallest absolute Gasteiger partial charge is 0.220 e. The maximum Gasteiger partial charge on any atom is 0.220 e. The van der Waals surface area contributed by atoms with Crippen LogP contribution >= 0.6 is 0 Å². The van der Waals surface area contributed by atoms with Gasteiger partial charge >= 0.3 is 0 Å². The van der Waals surface area contributed by atoms with E-state index in [-0.39, 0.29) is 24.3 Å². The summed E-state index contributed by atoms with van der Waals surface area (Å²) in [5, 5.41) is 21.7. The lowest BCUT2D eigenvalue weighted by atomic mass is 10.1. The highest BCUT2D eigenvalue weighted by molar-refractivity contribution is 5.76. The highest BCUT2D eigenvalue weighted by atomic mass is 16.5. The molecule has 2 aromatic rings. The summed E-state index contributed by atoms with van der Waals surface area (Å²) in [6.45, 7) is 2.21. The number of aliphatic hydroxyl groups excluding tert-OH is 1. The monoisotopic (exact) mass is 357 g/mol. The van der Waals surface area contributed by atoms with Crippen LogP contribution in [0.1, 0.15) is 24.5 Å². The van der Waals surface area contributed by atoms with Crippen LogP contribution in [-0.4, -0.2) is 41.5 Å². The summed E-state index contributed by atoms with van der Waals surface area (Å²) in [5.41, 5.74) is 2.12. The van der Waals surface area contributed by atoms with E-state index in [4.69, 9.17) is 4.74 Å². The van der Waals surface area contributed by atoms with Crippen molar-refractivity contribution in [1.82, 2.24) is 5.32 Å². The van der Waals surface area contributed by atoms with E-state index in [1.165, 1.54) is 0 Å². The molecule has 26 heavy (non-hydrogen) atoms. The number of carbonyl (C=O) groups excluding carboxylic acids is 1. The summed E-state index contributed by atoms with van der Waals surface area (Å²) in [4.78, 5) is 12.3. The number of hydrogen-bond donors (Lipinski definition) is 3. The Kier molecular flexibility index (Phi) is 8.12. The number of phenols is 1. The fourth-order valence-electron chi connectivity index (χ4n) is 2.65. The van der Waals surface area contributed by atoms with E-state index in [9.17, 15) is 15.0 Å². The van der Waals surface area contributed by atoms with Gasteiger partial charge in [-0.05, 0) is 43.0 Å². The molecular formula is C21H27NO4. The molecule has 1 unspecified atom stereocenters. The highest BCUT2D eigenvalue weighted by Gasteiger charge is 2.14. The van der Waals surface area contributed by atoms with Crippen molar-refractivity contribution in [1.29, 1.82) is 0 Å². The van der Waals surface area contributed by atoms with Crippen molar-refractivity contribution in [3.63, 3.8) is 0 Å². The Morgan fingerprint density at radius 2 is 1.73 bits per heavy atom. The molecule has 0 saturated heterocycles. The first-order chi connectivity index (χ1) is 12.5. The van der Waals surface area contributed by atoms with Crippen LogP contribution in [0.25, 0.3) is 0 Å². The minimum Gasteiger partial charge on any atom is -0.508 e. The topological polar surface area (TPSA) is 78.8 Å². The second-order valence-corrected chi connectivity index (χ2v) is 6.51. The number of aryl methyl sites for hydroxylation is 1. The van der Waals surface area contributed by atoms with Crippen molar-refractivity contribution in [3.8, 4) is 5.75 Å². The van der Waals surface area contributed by atoms with Crippen molar-refractivity contribution in [2.24, 2.45) is 0 Å². The lowest BCUT2D eigenvalue weighted by Crippen LogP contribution is -2.40. The van der Waals surface area contributed by atoms with Gasteiger partial charge in [-0.3, -0.25) is 4.79 Å². The summed E-state index contributed by atoms with van der Waals surface area (Å²) in [6.07, 6.45) is 1.15. The molecule has 0 aliphatic carbocycles. The number of aromatic hydroxyl groups is 1. The number of carbonyl (C=O) groups is 1. The van der Waals surface area contributed by atoms with E-state index in [1.54, 1.807) is 19.1 Å². The average molecular weight is 357 g/mol. The fourth-order valence-corrected chi connectivity index (χ4v) is 2.65. The van der Waals surface area contributed by atoms with Crippen LogP contribution in [0, 0.1) is 0 Å². The number of aliphatic hydroxyl groups is 1. The van der Waals surface area contributed by atoms with Crippen molar-refractivity contribution >= 4 is 5.91 Å². The first-order valence-corrected chi connectivity index (χ1v) is 8.90. The van der Waals surface area contributed by atoms with Gasteiger partial charge in [0, 0.05) is 6.42 Å². The summed E-state index contributed by atoms with van der Waals surface area (Å²) < 4.78 is 5.50. The van der Waals surface area contributed by atoms with Gasteiger partial charge in [0.05, 0.1) is 25.4 Å². The maximum atomic E-state index is 12.3. The summed E-state index contributed by atoms with van der Waals surface area (Å²) in [6, 6.07) is 16.6. The molecule has 140 valence electrons. The molecule has 1 amide bonds. The van der Waals surface area contributed by atoms with Gasteiger partial charge in [0.2, 0.25) is 5.91 Å². The number of nitrogens with one attached hydrogen (secondary N) is 1. The molecule has 0 heterocycles. The summed E-state index contributed by atoms with van der Waals surface area (Å²) in [5.74, 6) is 0.181. The Hall–Kier alpha value is -2.37. The molecule has 2 atom stereocenters. The van der Waals surface area contributed by atoms with Gasteiger partial charge in [0.15, 0.2) is 0 Å². The normalized spacial score (nSPS) is 13.2. The standard InChI is InChI=1S/C21H27NO4/c1-16(23)14-26-15-19(13-18-7-10-20(24)11-8-18)22-21(25)12-9-17-5-3-2-4-6-17/h2-8,10-11,16,19,23-24H,9,12-15H2,1H3,(H,22,25)/t16?,19-/m0/s1. The van der Waals surface area contributed by atoms with Gasteiger partial charge in [-0.1, -0.05) is 42.5 Å². The van der Waals surface area contributed by atoms with E-state index in [2.05, 4.69) is 5.32 Å². The molecule has 0 radical (unpaired) electrons. The molecule has 0 aliphatic rings. The zero-order valence-electron chi connectivity index (χ0n) is 15.1. The van der Waals surface area contributed by atoms with E-state index in [0.29, 0.717) is 25.9 Å². The molecule has 3 N–H and O–H groups in total. The Bertz CT molecular complexity index is 655. The van der Waals surface area contributed by atoms with Gasteiger partial charge in [-0.25, -0.2) is 0 Å². The molecular weight excluding hydrogens is 330 g/mol. The molecule has 5 heteroatoms. The number of phenolic OH excluding ortho intramolecular Hbond substituents is 1. The molecule has 5 nitrogen and oxygen atoms in total. The Balaban J connectivity index is 1.88. The van der Waals surface area contributed by atoms with E-state index < -0.39 is 6.10 Å². The summed E-state index contributed by atoms with van der Waals surface area (Å²) >= 11 is 0. The quantitative estimate of drug-likeness (QED) is 0.610. The first-order valence-electron chi connectivity index (χ1n) is 8.90. The fraction of sp³-hybridized carbons (Fsp3) is 0.381. The zero-order chi connectivity index (χ0) is 18.8. The Morgan fingerprint density at radius 1 is 1.04 bits per heavy atom. The second kappa shape index (κ2) is 10.6. The molecule has 0 saturated carbocycles. The molecule has 0 fully saturated rings. The number of rotatable bonds is 10. The summed E-state index contributed by atoms with van der Waals surface area (Å²) in [7, 11) is 0. The van der Waals surface area contributed by atoms with Crippen LogP contribution in [0.4, 0.5) is 0 Å². The predicted molar refractivity (Wildman–Crippen MR) is 101 cm³/mol. The van der Waals surface area contributed by atoms with Crippen LogP contribution in [0.15, 0.2) is 54.6 Å². The molecule has 0 bridgehead atoms. The molecule has 2 rings (SSSR count). The third-order valence-corrected chi connectivity index (χ3v) is 3.95. The first kappa shape index (κ1) is 19.9. The van der Waals surface area contributed by atoms with Crippen LogP contribution in [0.2, 0.25) is 0 Å². The van der Waals surface area contributed by atoms with Crippen molar-refractivity contribution in [2.75, 3.05) is 13.2 Å². The predicted octanol–water partition coefficient (Wildman–Crippen LogP) is 2.45. The number of benzene rings is 2. The zero-order valence-corrected chi connectivity index (χ0v) is 15.1. The maximum absolute atomic E-state index is 12.3. The molecule has 0 aromatic heterocycles. The van der Waals surface area contributed by atoms with Gasteiger partial charge in [0.1, 0.15) is 5.75 Å². The minimum absolute atomic E-state index is 0.0294. The van der Waals surface area contributed by atoms with Gasteiger partial charge in [0.25, 0.3) is 0 Å². The largest absolute Gasteiger partial charge is 0.508 e. The number of amides is 1. The second-order valence-electron chi connectivity index (χ2n) is 6.51. The van der Waals surface area contributed by atoms with E-state index in [0.717, 1.165) is 11.1 Å². The average Bonchev–Trinajstić information content (AvgIpc) is 2.62. The minimum atomic E-state index is -0.543. The van der Waals surface area contributed by atoms with Crippen LogP contribution in [-0.2, 0) is 22.4 Å². The Morgan fingerprint density at radius 3 is 2.38 bits per heavy atom. The van der Waals surface area contributed by atoms with Crippen molar-refractivity contribution < 1.29 is 19.7 Å². The van der Waals surface area contributed by atoms with Crippen LogP contribution in [0.5, 0.6) is 5.75 Å². The number of ether oxygens (including phenoxy) is 1. The molecule has 0 spiro atoms. The van der Waals surface area contributed by atoms with Crippen molar-refractivity contribution in [2.45, 2.75) is 38.3 Å². The van der Waals surface area contributed by atoms with Crippen LogP contribution in [0.3, 0.4) is 0 Å². The van der Waals surface area contributed by atoms with Crippen molar-refractivity contribution in [3.05, 3.63) is 65.7 Å². The number of hydrogen-bond acceptors (Lipinski definition) is 4. The third kappa shape index (κ3) is 7.68. The van der Waals surface area contributed by atoms with Gasteiger partial charge < -0.3 is 20.3 Å². The third-order valence-electron chi connectivity index (χ3n) is 3.95. The Labute approximate surface area is 154 Å². The van der Waals surface area contributed by atoms with Crippen LogP contribution < -0.4 is 5.32 Å². The molecule has 0 aliphatic heterocycles. The van der Waals surface area contributed by atoms with Gasteiger partial charge in [-0.2, -0.15) is 0 Å².